The molecule has 0 aliphatic heterocycles. The number of phenolic OH excluding ortho intramolecular Hbond substituents is 1. The number of hydrogen-bond acceptors (Lipinski definition) is 4. The molecule has 2 N–H and O–H groups in total. The van der Waals surface area contributed by atoms with Crippen molar-refractivity contribution in [2.75, 3.05) is 5.32 Å². The van der Waals surface area contributed by atoms with Crippen molar-refractivity contribution in [2.45, 2.75) is 13.5 Å². The monoisotopic (exact) mass is 336 g/mol. The quantitative estimate of drug-likeness (QED) is 0.654. The second-order valence-corrected chi connectivity index (χ2v) is 5.23. The summed E-state index contributed by atoms with van der Waals surface area (Å²) < 4.78 is 0.593. The van der Waals surface area contributed by atoms with Gasteiger partial charge in [-0.2, -0.15) is 0 Å². The lowest BCUT2D eigenvalue weighted by Crippen LogP contribution is -2.03. The minimum Gasteiger partial charge on any atom is -0.506 e. The zero-order valence-electron chi connectivity index (χ0n) is 10.8. The molecule has 0 saturated heterocycles. The normalized spacial score (nSPS) is 10.3. The number of nitro benzene ring substituents is 1. The van der Waals surface area contributed by atoms with Crippen LogP contribution >= 0.6 is 15.9 Å². The number of benzene rings is 2. The van der Waals surface area contributed by atoms with Crippen LogP contribution in [0.1, 0.15) is 11.1 Å². The first-order valence-electron chi connectivity index (χ1n) is 5.94. The van der Waals surface area contributed by atoms with Gasteiger partial charge in [0.1, 0.15) is 11.4 Å². The first-order valence-corrected chi connectivity index (χ1v) is 6.73. The molecule has 0 radical (unpaired) electrons. The van der Waals surface area contributed by atoms with E-state index in [1.54, 1.807) is 30.3 Å². The second-order valence-electron chi connectivity index (χ2n) is 4.38. The predicted octanol–water partition coefficient (Wildman–Crippen LogP) is 3.98. The third-order valence-corrected chi connectivity index (χ3v) is 3.53. The molecule has 2 rings (SSSR count). The maximum atomic E-state index is 11.0. The standard InChI is InChI=1S/C14H13BrN2O3/c1-9-5-6-13(17(19)20)12(7-9)16-8-10-3-2-4-11(15)14(10)18/h2-7,16,18H,8H2,1H3. The summed E-state index contributed by atoms with van der Waals surface area (Å²) in [5.74, 6) is 0.135. The fourth-order valence-corrected chi connectivity index (χ4v) is 2.25. The molecule has 0 amide bonds. The van der Waals surface area contributed by atoms with Crippen LogP contribution in [0.4, 0.5) is 11.4 Å². The number of rotatable bonds is 4. The molecule has 0 fully saturated rings. The van der Waals surface area contributed by atoms with Gasteiger partial charge in [-0.25, -0.2) is 0 Å². The van der Waals surface area contributed by atoms with Gasteiger partial charge in [-0.15, -0.1) is 0 Å². The smallest absolute Gasteiger partial charge is 0.292 e. The van der Waals surface area contributed by atoms with E-state index in [-0.39, 0.29) is 11.4 Å². The van der Waals surface area contributed by atoms with E-state index in [0.29, 0.717) is 22.3 Å². The van der Waals surface area contributed by atoms with Crippen LogP contribution in [0, 0.1) is 17.0 Å². The van der Waals surface area contributed by atoms with Gasteiger partial charge in [-0.1, -0.05) is 18.2 Å². The summed E-state index contributed by atoms with van der Waals surface area (Å²) in [6, 6.07) is 10.2. The first-order chi connectivity index (χ1) is 9.49. The highest BCUT2D eigenvalue weighted by atomic mass is 79.9. The lowest BCUT2D eigenvalue weighted by atomic mass is 10.1. The Morgan fingerprint density at radius 3 is 2.80 bits per heavy atom. The minimum atomic E-state index is -0.428. The summed E-state index contributed by atoms with van der Waals surface area (Å²) in [6.45, 7) is 2.17. The highest BCUT2D eigenvalue weighted by Gasteiger charge is 2.14. The Hall–Kier alpha value is -2.08. The lowest BCUT2D eigenvalue weighted by Gasteiger charge is -2.10. The molecule has 5 nitrogen and oxygen atoms in total. The van der Waals surface area contributed by atoms with Gasteiger partial charge in [-0.3, -0.25) is 10.1 Å². The number of nitro groups is 1. The molecule has 0 atom stereocenters. The number of nitrogens with one attached hydrogen (secondary N) is 1. The zero-order chi connectivity index (χ0) is 14.7. The Morgan fingerprint density at radius 1 is 1.35 bits per heavy atom. The van der Waals surface area contributed by atoms with Crippen molar-refractivity contribution in [2.24, 2.45) is 0 Å². The molecular formula is C14H13BrN2O3. The largest absolute Gasteiger partial charge is 0.506 e. The third kappa shape index (κ3) is 3.08. The van der Waals surface area contributed by atoms with Crippen molar-refractivity contribution < 1.29 is 10.0 Å². The van der Waals surface area contributed by atoms with Crippen LogP contribution < -0.4 is 5.32 Å². The summed E-state index contributed by atoms with van der Waals surface area (Å²) in [5.41, 5.74) is 2.05. The van der Waals surface area contributed by atoms with Crippen LogP contribution in [-0.4, -0.2) is 10.0 Å². The van der Waals surface area contributed by atoms with Gasteiger partial charge < -0.3 is 10.4 Å². The van der Waals surface area contributed by atoms with Gasteiger partial charge >= 0.3 is 0 Å². The highest BCUT2D eigenvalue weighted by molar-refractivity contribution is 9.10. The second kappa shape index (κ2) is 5.92. The van der Waals surface area contributed by atoms with Gasteiger partial charge in [0, 0.05) is 18.2 Å². The van der Waals surface area contributed by atoms with Gasteiger partial charge in [-0.05, 0) is 40.5 Å². The number of nitrogens with zero attached hydrogens (tertiary/aromatic N) is 1. The molecule has 20 heavy (non-hydrogen) atoms. The number of aromatic hydroxyl groups is 1. The number of aryl methyl sites for hydroxylation is 1. The molecule has 0 aliphatic carbocycles. The van der Waals surface area contributed by atoms with Crippen molar-refractivity contribution in [3.8, 4) is 5.75 Å². The number of para-hydroxylation sites is 1. The number of halogens is 1. The van der Waals surface area contributed by atoms with E-state index >= 15 is 0 Å². The minimum absolute atomic E-state index is 0.0186. The Morgan fingerprint density at radius 2 is 2.10 bits per heavy atom. The zero-order valence-corrected chi connectivity index (χ0v) is 12.3. The van der Waals surface area contributed by atoms with Crippen molar-refractivity contribution in [1.29, 1.82) is 0 Å². The molecule has 6 heteroatoms. The van der Waals surface area contributed by atoms with Crippen LogP contribution in [-0.2, 0) is 6.54 Å². The summed E-state index contributed by atoms with van der Waals surface area (Å²) in [5, 5.41) is 23.9. The Balaban J connectivity index is 2.24. The van der Waals surface area contributed by atoms with Crippen LogP contribution in [0.25, 0.3) is 0 Å². The molecule has 0 spiro atoms. The van der Waals surface area contributed by atoms with Gasteiger partial charge in [0.25, 0.3) is 5.69 Å². The third-order valence-electron chi connectivity index (χ3n) is 2.89. The first kappa shape index (κ1) is 14.3. The summed E-state index contributed by atoms with van der Waals surface area (Å²) >= 11 is 3.24. The van der Waals surface area contributed by atoms with Gasteiger partial charge in [0.2, 0.25) is 0 Å². The van der Waals surface area contributed by atoms with Crippen molar-refractivity contribution >= 4 is 27.3 Å². The van der Waals surface area contributed by atoms with Crippen LogP contribution in [0.5, 0.6) is 5.75 Å². The van der Waals surface area contributed by atoms with Crippen LogP contribution in [0.3, 0.4) is 0 Å². The van der Waals surface area contributed by atoms with Crippen LogP contribution in [0.15, 0.2) is 40.9 Å². The summed E-state index contributed by atoms with van der Waals surface area (Å²) in [4.78, 5) is 10.5. The van der Waals surface area contributed by atoms with E-state index in [4.69, 9.17) is 0 Å². The fourth-order valence-electron chi connectivity index (χ4n) is 1.84. The fraction of sp³-hybridized carbons (Fsp3) is 0.143. The Kier molecular flexibility index (Phi) is 4.24. The average molecular weight is 337 g/mol. The highest BCUT2D eigenvalue weighted by Crippen LogP contribution is 2.30. The van der Waals surface area contributed by atoms with Crippen molar-refractivity contribution in [1.82, 2.24) is 0 Å². The van der Waals surface area contributed by atoms with E-state index in [2.05, 4.69) is 21.2 Å². The molecule has 104 valence electrons. The summed E-state index contributed by atoms with van der Waals surface area (Å²) in [7, 11) is 0. The lowest BCUT2D eigenvalue weighted by molar-refractivity contribution is -0.384. The molecule has 0 aliphatic rings. The van der Waals surface area contributed by atoms with Crippen molar-refractivity contribution in [3.63, 3.8) is 0 Å². The molecule has 0 unspecified atom stereocenters. The number of anilines is 1. The summed E-state index contributed by atoms with van der Waals surface area (Å²) in [6.07, 6.45) is 0. The van der Waals surface area contributed by atoms with E-state index in [1.165, 1.54) is 6.07 Å². The Bertz CT molecular complexity index is 659. The maximum absolute atomic E-state index is 11.0. The molecule has 0 aromatic heterocycles. The number of phenols is 1. The molecule has 2 aromatic rings. The molecule has 0 heterocycles. The van der Waals surface area contributed by atoms with Crippen LogP contribution in [0.2, 0.25) is 0 Å². The van der Waals surface area contributed by atoms with Gasteiger partial charge in [0.15, 0.2) is 0 Å². The van der Waals surface area contributed by atoms with Crippen molar-refractivity contribution in [3.05, 3.63) is 62.1 Å². The van der Waals surface area contributed by atoms with E-state index in [9.17, 15) is 15.2 Å². The Labute approximate surface area is 124 Å². The molecule has 2 aromatic carbocycles. The predicted molar refractivity (Wildman–Crippen MR) is 81.0 cm³/mol. The SMILES string of the molecule is Cc1ccc([N+](=O)[O-])c(NCc2cccc(Br)c2O)c1. The molecule has 0 bridgehead atoms. The topological polar surface area (TPSA) is 75.4 Å². The van der Waals surface area contributed by atoms with E-state index < -0.39 is 4.92 Å². The number of hydrogen-bond donors (Lipinski definition) is 2. The molecular weight excluding hydrogens is 324 g/mol. The molecule has 0 saturated carbocycles. The van der Waals surface area contributed by atoms with Gasteiger partial charge in [0.05, 0.1) is 9.40 Å². The van der Waals surface area contributed by atoms with E-state index in [1.807, 2.05) is 6.92 Å². The van der Waals surface area contributed by atoms with E-state index in [0.717, 1.165) is 5.56 Å². The average Bonchev–Trinajstić information content (AvgIpc) is 2.40. The maximum Gasteiger partial charge on any atom is 0.292 e.